The first kappa shape index (κ1) is 32.7. The van der Waals surface area contributed by atoms with Gasteiger partial charge in [-0.25, -0.2) is 15.0 Å². The molecule has 0 radical (unpaired) electrons. The van der Waals surface area contributed by atoms with Gasteiger partial charge in [-0.2, -0.15) is 5.26 Å². The molecule has 0 saturated heterocycles. The second-order valence-corrected chi connectivity index (χ2v) is 14.6. The molecule has 0 fully saturated rings. The summed E-state index contributed by atoms with van der Waals surface area (Å²) in [6.45, 7) is 0. The molecular weight excluding hydrogens is 693 g/mol. The highest BCUT2D eigenvalue weighted by Gasteiger charge is 2.51. The minimum absolute atomic E-state index is 0.466. The first-order valence-electron chi connectivity index (χ1n) is 19.2. The van der Waals surface area contributed by atoms with Gasteiger partial charge in [0.1, 0.15) is 0 Å². The number of hydrogen-bond donors (Lipinski definition) is 0. The molecule has 1 aromatic heterocycles. The van der Waals surface area contributed by atoms with E-state index in [1.807, 2.05) is 84.9 Å². The van der Waals surface area contributed by atoms with Crippen molar-refractivity contribution in [1.29, 1.82) is 5.26 Å². The number of nitriles is 1. The smallest absolute Gasteiger partial charge is 0.164 e. The lowest BCUT2D eigenvalue weighted by Gasteiger charge is -2.30. The summed E-state index contributed by atoms with van der Waals surface area (Å²) in [4.78, 5) is 15.2. The minimum Gasteiger partial charge on any atom is -0.208 e. The summed E-state index contributed by atoms with van der Waals surface area (Å²) in [6.07, 6.45) is 0. The zero-order valence-electron chi connectivity index (χ0n) is 30.8. The molecule has 0 amide bonds. The zero-order chi connectivity index (χ0) is 37.9. The van der Waals surface area contributed by atoms with E-state index in [0.29, 0.717) is 23.0 Å². The van der Waals surface area contributed by atoms with Crippen LogP contribution in [0.3, 0.4) is 0 Å². The fourth-order valence-corrected chi connectivity index (χ4v) is 9.12. The molecule has 8 aromatic carbocycles. The average Bonchev–Trinajstić information content (AvgIpc) is 3.76. The molecule has 0 atom stereocenters. The van der Waals surface area contributed by atoms with Gasteiger partial charge in [0.2, 0.25) is 0 Å². The standard InChI is InChI=1S/C53H32N4/c54-33-37-19-7-8-20-41(37)39-29-38(30-40(31-39)52-56-50(34-15-3-1-4-16-34)55-51(57-52)35-17-5-2-6-18-35)36-27-28-45-44-23-11-14-26-48(44)53(49(45)32-36)46-24-12-9-21-42(46)43-22-10-13-25-47(43)53/h1-32H. The van der Waals surface area contributed by atoms with E-state index in [1.54, 1.807) is 0 Å². The predicted molar refractivity (Wildman–Crippen MR) is 228 cm³/mol. The molecule has 4 heteroatoms. The lowest BCUT2D eigenvalue weighted by Crippen LogP contribution is -2.25. The number of fused-ring (bicyclic) bond motifs is 10. The quantitative estimate of drug-likeness (QED) is 0.177. The summed E-state index contributed by atoms with van der Waals surface area (Å²) < 4.78 is 0. The molecule has 0 saturated carbocycles. The van der Waals surface area contributed by atoms with Crippen LogP contribution < -0.4 is 0 Å². The summed E-state index contributed by atoms with van der Waals surface area (Å²) in [5, 5.41) is 10.3. The zero-order valence-corrected chi connectivity index (χ0v) is 30.8. The lowest BCUT2D eigenvalue weighted by molar-refractivity contribution is 0.794. The van der Waals surface area contributed by atoms with Crippen LogP contribution in [0.25, 0.3) is 78.7 Å². The van der Waals surface area contributed by atoms with Crippen molar-refractivity contribution in [3.63, 3.8) is 0 Å². The first-order chi connectivity index (χ1) is 28.2. The van der Waals surface area contributed by atoms with Crippen molar-refractivity contribution in [2.24, 2.45) is 0 Å². The molecule has 57 heavy (non-hydrogen) atoms. The molecule has 11 rings (SSSR count). The molecular formula is C53H32N4. The van der Waals surface area contributed by atoms with Crippen LogP contribution in [0.15, 0.2) is 194 Å². The molecule has 0 N–H and O–H groups in total. The van der Waals surface area contributed by atoms with Crippen LogP contribution in [0.2, 0.25) is 0 Å². The lowest BCUT2D eigenvalue weighted by atomic mass is 9.70. The van der Waals surface area contributed by atoms with Gasteiger partial charge in [-0.1, -0.05) is 164 Å². The fraction of sp³-hybridized carbons (Fsp3) is 0.0189. The van der Waals surface area contributed by atoms with Crippen LogP contribution >= 0.6 is 0 Å². The average molecular weight is 725 g/mol. The number of benzene rings is 8. The van der Waals surface area contributed by atoms with Gasteiger partial charge < -0.3 is 0 Å². The second kappa shape index (κ2) is 12.9. The molecule has 0 unspecified atom stereocenters. The van der Waals surface area contributed by atoms with Gasteiger partial charge in [-0.15, -0.1) is 0 Å². The van der Waals surface area contributed by atoms with Crippen molar-refractivity contribution < 1.29 is 0 Å². The number of aromatic nitrogens is 3. The second-order valence-electron chi connectivity index (χ2n) is 14.6. The Labute approximate surface area is 331 Å². The largest absolute Gasteiger partial charge is 0.208 e. The van der Waals surface area contributed by atoms with Gasteiger partial charge in [0.15, 0.2) is 17.5 Å². The van der Waals surface area contributed by atoms with Gasteiger partial charge in [0.05, 0.1) is 17.0 Å². The highest BCUT2D eigenvalue weighted by atomic mass is 15.0. The SMILES string of the molecule is N#Cc1ccccc1-c1cc(-c2ccc3c(c2)C2(c4ccccc4-c4ccccc42)c2ccccc2-3)cc(-c2nc(-c3ccccc3)nc(-c3ccccc3)n2)c1. The molecule has 1 heterocycles. The monoisotopic (exact) mass is 724 g/mol. The van der Waals surface area contributed by atoms with Gasteiger partial charge in [0, 0.05) is 16.7 Å². The maximum Gasteiger partial charge on any atom is 0.164 e. The van der Waals surface area contributed by atoms with Crippen LogP contribution in [0.5, 0.6) is 0 Å². The topological polar surface area (TPSA) is 62.5 Å². The third kappa shape index (κ3) is 5.03. The van der Waals surface area contributed by atoms with E-state index >= 15 is 0 Å². The predicted octanol–water partition coefficient (Wildman–Crippen LogP) is 12.4. The third-order valence-corrected chi connectivity index (χ3v) is 11.6. The molecule has 0 bridgehead atoms. The Balaban J connectivity index is 1.17. The van der Waals surface area contributed by atoms with Crippen LogP contribution in [0.1, 0.15) is 27.8 Å². The van der Waals surface area contributed by atoms with Crippen molar-refractivity contribution >= 4 is 0 Å². The van der Waals surface area contributed by atoms with Crippen LogP contribution in [-0.4, -0.2) is 15.0 Å². The van der Waals surface area contributed by atoms with E-state index in [9.17, 15) is 5.26 Å². The van der Waals surface area contributed by atoms with Crippen molar-refractivity contribution in [1.82, 2.24) is 15.0 Å². The highest BCUT2D eigenvalue weighted by Crippen LogP contribution is 2.63. The van der Waals surface area contributed by atoms with Crippen molar-refractivity contribution in [2.75, 3.05) is 0 Å². The van der Waals surface area contributed by atoms with Gasteiger partial charge in [0.25, 0.3) is 0 Å². The number of hydrogen-bond acceptors (Lipinski definition) is 4. The fourth-order valence-electron chi connectivity index (χ4n) is 9.12. The Kier molecular flexibility index (Phi) is 7.42. The summed E-state index contributed by atoms with van der Waals surface area (Å²) in [5.41, 5.74) is 16.9. The Morgan fingerprint density at radius 1 is 0.316 bits per heavy atom. The maximum atomic E-state index is 10.3. The summed E-state index contributed by atoms with van der Waals surface area (Å²) in [6, 6.07) is 70.3. The van der Waals surface area contributed by atoms with E-state index in [-0.39, 0.29) is 0 Å². The van der Waals surface area contributed by atoms with E-state index in [0.717, 1.165) is 38.9 Å². The molecule has 1 spiro atoms. The van der Waals surface area contributed by atoms with Crippen LogP contribution in [0, 0.1) is 11.3 Å². The summed E-state index contributed by atoms with van der Waals surface area (Å²) >= 11 is 0. The minimum atomic E-state index is -0.466. The van der Waals surface area contributed by atoms with Gasteiger partial charge in [-0.3, -0.25) is 0 Å². The molecule has 264 valence electrons. The molecule has 9 aromatic rings. The van der Waals surface area contributed by atoms with Crippen molar-refractivity contribution in [3.05, 3.63) is 222 Å². The number of rotatable bonds is 5. The van der Waals surface area contributed by atoms with Crippen LogP contribution in [0.4, 0.5) is 0 Å². The van der Waals surface area contributed by atoms with Crippen molar-refractivity contribution in [2.45, 2.75) is 5.41 Å². The Morgan fingerprint density at radius 2 is 0.737 bits per heavy atom. The third-order valence-electron chi connectivity index (χ3n) is 11.6. The van der Waals surface area contributed by atoms with E-state index < -0.39 is 5.41 Å². The van der Waals surface area contributed by atoms with E-state index in [2.05, 4.69) is 115 Å². The van der Waals surface area contributed by atoms with Crippen LogP contribution in [-0.2, 0) is 5.41 Å². The Hall–Kier alpha value is -7.74. The van der Waals surface area contributed by atoms with E-state index in [1.165, 1.54) is 44.5 Å². The Bertz CT molecular complexity index is 2970. The molecule has 0 aliphatic heterocycles. The Morgan fingerprint density at radius 3 is 1.28 bits per heavy atom. The first-order valence-corrected chi connectivity index (χ1v) is 19.2. The maximum absolute atomic E-state index is 10.3. The molecule has 2 aliphatic rings. The molecule has 4 nitrogen and oxygen atoms in total. The number of nitrogens with zero attached hydrogens (tertiary/aromatic N) is 4. The normalized spacial score (nSPS) is 12.7. The highest BCUT2D eigenvalue weighted by molar-refractivity contribution is 5.96. The summed E-state index contributed by atoms with van der Waals surface area (Å²) in [5.74, 6) is 1.75. The molecule has 2 aliphatic carbocycles. The van der Waals surface area contributed by atoms with Gasteiger partial charge >= 0.3 is 0 Å². The summed E-state index contributed by atoms with van der Waals surface area (Å²) in [7, 11) is 0. The van der Waals surface area contributed by atoms with Gasteiger partial charge in [-0.05, 0) is 97.1 Å². The van der Waals surface area contributed by atoms with E-state index in [4.69, 9.17) is 15.0 Å². The van der Waals surface area contributed by atoms with Crippen molar-refractivity contribution in [3.8, 4) is 84.7 Å².